The zero-order chi connectivity index (χ0) is 31.9. The maximum absolute atomic E-state index is 5.15. The predicted octanol–water partition coefficient (Wildman–Crippen LogP) is 9.85. The number of pyridine rings is 4. The van der Waals surface area contributed by atoms with Gasteiger partial charge in [0.2, 0.25) is 0 Å². The molecular formula is C42H26N6. The fourth-order valence-electron chi connectivity index (χ4n) is 6.21. The second-order valence-corrected chi connectivity index (χ2v) is 11.6. The standard InChI is InChI=1S/C42H26N6/c1-2-9-28(10-3-1)34-23-21-30-19-20-31-22-24-35(46-39(31)38(30)45-34)29-17-15-27(16-18-29)32-11-8-12-33-40(32)47-42(37-14-5-7-26-44-37)48-41(33)36-13-4-6-25-43-36/h1-26H. The van der Waals surface area contributed by atoms with Gasteiger partial charge in [-0.15, -0.1) is 0 Å². The monoisotopic (exact) mass is 614 g/mol. The molecule has 9 rings (SSSR count). The first kappa shape index (κ1) is 27.6. The van der Waals surface area contributed by atoms with Gasteiger partial charge in [-0.3, -0.25) is 9.97 Å². The summed E-state index contributed by atoms with van der Waals surface area (Å²) in [4.78, 5) is 29.4. The maximum atomic E-state index is 5.15. The summed E-state index contributed by atoms with van der Waals surface area (Å²) in [5, 5.41) is 3.05. The van der Waals surface area contributed by atoms with E-state index >= 15 is 0 Å². The summed E-state index contributed by atoms with van der Waals surface area (Å²) in [5.74, 6) is 0.560. The van der Waals surface area contributed by atoms with Gasteiger partial charge in [-0.05, 0) is 42.0 Å². The van der Waals surface area contributed by atoms with Crippen molar-refractivity contribution in [3.63, 3.8) is 0 Å². The Balaban J connectivity index is 1.15. The minimum atomic E-state index is 0.560. The fraction of sp³-hybridized carbons (Fsp3) is 0. The fourth-order valence-corrected chi connectivity index (χ4v) is 6.21. The number of para-hydroxylation sites is 1. The van der Waals surface area contributed by atoms with Gasteiger partial charge in [0.1, 0.15) is 11.4 Å². The van der Waals surface area contributed by atoms with Crippen molar-refractivity contribution < 1.29 is 0 Å². The van der Waals surface area contributed by atoms with Crippen molar-refractivity contribution in [3.05, 3.63) is 158 Å². The molecule has 6 heteroatoms. The lowest BCUT2D eigenvalue weighted by atomic mass is 9.98. The third-order valence-electron chi connectivity index (χ3n) is 8.61. The van der Waals surface area contributed by atoms with Gasteiger partial charge in [-0.2, -0.15) is 0 Å². The molecule has 0 N–H and O–H groups in total. The smallest absolute Gasteiger partial charge is 0.179 e. The number of hydrogen-bond donors (Lipinski definition) is 0. The van der Waals surface area contributed by atoms with Gasteiger partial charge < -0.3 is 0 Å². The number of benzene rings is 4. The summed E-state index contributed by atoms with van der Waals surface area (Å²) in [6, 6.07) is 49.2. The van der Waals surface area contributed by atoms with Crippen LogP contribution in [0.5, 0.6) is 0 Å². The first-order valence-electron chi connectivity index (χ1n) is 15.8. The molecular weight excluding hydrogens is 589 g/mol. The quantitative estimate of drug-likeness (QED) is 0.180. The summed E-state index contributed by atoms with van der Waals surface area (Å²) in [5.41, 5.74) is 10.9. The van der Waals surface area contributed by atoms with Gasteiger partial charge in [0.15, 0.2) is 5.82 Å². The van der Waals surface area contributed by atoms with E-state index in [0.717, 1.165) is 77.7 Å². The zero-order valence-corrected chi connectivity index (χ0v) is 25.7. The zero-order valence-electron chi connectivity index (χ0n) is 25.7. The lowest BCUT2D eigenvalue weighted by molar-refractivity contribution is 1.16. The van der Waals surface area contributed by atoms with E-state index in [9.17, 15) is 0 Å². The molecule has 0 radical (unpaired) electrons. The molecule has 0 amide bonds. The van der Waals surface area contributed by atoms with Gasteiger partial charge in [0.05, 0.1) is 33.6 Å². The van der Waals surface area contributed by atoms with Crippen LogP contribution < -0.4 is 0 Å². The van der Waals surface area contributed by atoms with Gasteiger partial charge in [-0.25, -0.2) is 19.9 Å². The van der Waals surface area contributed by atoms with Crippen molar-refractivity contribution in [1.82, 2.24) is 29.9 Å². The number of hydrogen-bond acceptors (Lipinski definition) is 6. The molecule has 0 unspecified atom stereocenters. The number of rotatable bonds is 5. The molecule has 0 aliphatic heterocycles. The summed E-state index contributed by atoms with van der Waals surface area (Å²) >= 11 is 0. The molecule has 0 fully saturated rings. The molecule has 9 aromatic rings. The molecule has 4 aromatic carbocycles. The van der Waals surface area contributed by atoms with Crippen LogP contribution in [0.4, 0.5) is 0 Å². The molecule has 0 aliphatic rings. The van der Waals surface area contributed by atoms with Gasteiger partial charge >= 0.3 is 0 Å². The van der Waals surface area contributed by atoms with E-state index in [4.69, 9.17) is 19.9 Å². The molecule has 0 aliphatic carbocycles. The van der Waals surface area contributed by atoms with Crippen LogP contribution in [-0.2, 0) is 0 Å². The van der Waals surface area contributed by atoms with Crippen LogP contribution in [-0.4, -0.2) is 29.9 Å². The second-order valence-electron chi connectivity index (χ2n) is 11.6. The molecule has 5 aromatic heterocycles. The summed E-state index contributed by atoms with van der Waals surface area (Å²) in [6.45, 7) is 0. The molecule has 0 bridgehead atoms. The Labute approximate surface area is 276 Å². The Morgan fingerprint density at radius 1 is 0.333 bits per heavy atom. The van der Waals surface area contributed by atoms with Crippen LogP contribution in [0.1, 0.15) is 0 Å². The summed E-state index contributed by atoms with van der Waals surface area (Å²) < 4.78 is 0. The van der Waals surface area contributed by atoms with E-state index in [1.165, 1.54) is 0 Å². The molecule has 48 heavy (non-hydrogen) atoms. The van der Waals surface area contributed by atoms with Crippen molar-refractivity contribution in [2.45, 2.75) is 0 Å². The highest BCUT2D eigenvalue weighted by molar-refractivity contribution is 6.04. The van der Waals surface area contributed by atoms with Gasteiger partial charge in [-0.1, -0.05) is 109 Å². The number of aromatic nitrogens is 6. The minimum absolute atomic E-state index is 0.560. The first-order valence-corrected chi connectivity index (χ1v) is 15.8. The van der Waals surface area contributed by atoms with E-state index < -0.39 is 0 Å². The van der Waals surface area contributed by atoms with Crippen LogP contribution in [0.25, 0.3) is 89.3 Å². The Morgan fingerprint density at radius 3 is 1.56 bits per heavy atom. The normalized spacial score (nSPS) is 11.3. The Kier molecular flexibility index (Phi) is 6.68. The maximum Gasteiger partial charge on any atom is 0.179 e. The first-order chi connectivity index (χ1) is 23.8. The highest BCUT2D eigenvalue weighted by Crippen LogP contribution is 2.35. The van der Waals surface area contributed by atoms with Crippen molar-refractivity contribution in [3.8, 4) is 56.5 Å². The lowest BCUT2D eigenvalue weighted by Gasteiger charge is -2.12. The molecule has 0 saturated heterocycles. The Hall–Kier alpha value is -6.66. The second kappa shape index (κ2) is 11.6. The topological polar surface area (TPSA) is 77.3 Å². The van der Waals surface area contributed by atoms with Crippen LogP contribution in [0.15, 0.2) is 158 Å². The van der Waals surface area contributed by atoms with Crippen LogP contribution in [0, 0.1) is 0 Å². The van der Waals surface area contributed by atoms with Crippen LogP contribution in [0.3, 0.4) is 0 Å². The van der Waals surface area contributed by atoms with Crippen molar-refractivity contribution >= 4 is 32.7 Å². The van der Waals surface area contributed by atoms with Gasteiger partial charge in [0.25, 0.3) is 0 Å². The molecule has 6 nitrogen and oxygen atoms in total. The average Bonchev–Trinajstić information content (AvgIpc) is 3.18. The van der Waals surface area contributed by atoms with Crippen LogP contribution >= 0.6 is 0 Å². The number of nitrogens with zero attached hydrogens (tertiary/aromatic N) is 6. The Morgan fingerprint density at radius 2 is 0.917 bits per heavy atom. The van der Waals surface area contributed by atoms with E-state index in [0.29, 0.717) is 11.5 Å². The lowest BCUT2D eigenvalue weighted by Crippen LogP contribution is -1.98. The minimum Gasteiger partial charge on any atom is -0.255 e. The molecule has 0 saturated carbocycles. The predicted molar refractivity (Wildman–Crippen MR) is 193 cm³/mol. The van der Waals surface area contributed by atoms with E-state index in [1.54, 1.807) is 12.4 Å². The van der Waals surface area contributed by atoms with E-state index in [1.807, 2.05) is 54.6 Å². The molecule has 0 spiro atoms. The number of fused-ring (bicyclic) bond motifs is 4. The van der Waals surface area contributed by atoms with Crippen molar-refractivity contribution in [2.75, 3.05) is 0 Å². The van der Waals surface area contributed by atoms with Crippen molar-refractivity contribution in [1.29, 1.82) is 0 Å². The largest absolute Gasteiger partial charge is 0.255 e. The Bertz CT molecular complexity index is 2590. The molecule has 0 atom stereocenters. The summed E-state index contributed by atoms with van der Waals surface area (Å²) in [7, 11) is 0. The third-order valence-corrected chi connectivity index (χ3v) is 8.61. The average molecular weight is 615 g/mol. The van der Waals surface area contributed by atoms with E-state index in [2.05, 4.69) is 101 Å². The highest BCUT2D eigenvalue weighted by Gasteiger charge is 2.16. The van der Waals surface area contributed by atoms with Crippen LogP contribution in [0.2, 0.25) is 0 Å². The molecule has 5 heterocycles. The summed E-state index contributed by atoms with van der Waals surface area (Å²) in [6.07, 6.45) is 3.55. The van der Waals surface area contributed by atoms with Crippen molar-refractivity contribution in [2.24, 2.45) is 0 Å². The molecule has 224 valence electrons. The SMILES string of the molecule is c1ccc(-c2ccc3ccc4ccc(-c5ccc(-c6cccc7c(-c8ccccn8)nc(-c8ccccn8)nc67)cc5)nc4c3n2)cc1. The van der Waals surface area contributed by atoms with E-state index in [-0.39, 0.29) is 0 Å². The highest BCUT2D eigenvalue weighted by atomic mass is 14.9. The van der Waals surface area contributed by atoms with Gasteiger partial charge in [0, 0.05) is 45.2 Å². The third kappa shape index (κ3) is 4.93.